The lowest BCUT2D eigenvalue weighted by molar-refractivity contribution is 0.0453. The molecule has 1 saturated carbocycles. The Morgan fingerprint density at radius 3 is 3.09 bits per heavy atom. The van der Waals surface area contributed by atoms with Crippen molar-refractivity contribution in [3.63, 3.8) is 0 Å². The summed E-state index contributed by atoms with van der Waals surface area (Å²) in [6.07, 6.45) is 3.87. The van der Waals surface area contributed by atoms with Gasteiger partial charge in [-0.3, -0.25) is 4.57 Å². The number of hydrogen-bond acceptors (Lipinski definition) is 7. The molecule has 5 N–H and O–H groups in total. The molecular weight excluding hydrogens is 321 g/mol. The summed E-state index contributed by atoms with van der Waals surface area (Å²) in [7, 11) is -4.19. The van der Waals surface area contributed by atoms with Crippen LogP contribution in [0.3, 0.4) is 0 Å². The summed E-state index contributed by atoms with van der Waals surface area (Å²) in [5.74, 6) is 1.21. The molecule has 128 valence electrons. The predicted octanol–water partition coefficient (Wildman–Crippen LogP) is 0.959. The third kappa shape index (κ3) is 3.58. The highest BCUT2D eigenvalue weighted by Crippen LogP contribution is 2.53. The minimum Gasteiger partial charge on any atom is -0.368 e. The molecule has 0 spiro atoms. The second-order valence-corrected chi connectivity index (χ2v) is 7.78. The Kier molecular flexibility index (Phi) is 4.22. The highest BCUT2D eigenvalue weighted by Gasteiger charge is 2.56. The van der Waals surface area contributed by atoms with Crippen LogP contribution in [0.4, 0.5) is 17.5 Å². The summed E-state index contributed by atoms with van der Waals surface area (Å²) in [6.45, 7) is 3.16. The molecule has 0 radical (unpaired) electrons. The molecule has 0 aromatic carbocycles. The number of nitrogens with one attached hydrogen (secondary N) is 1. The predicted molar refractivity (Wildman–Crippen MR) is 86.0 cm³/mol. The topological polar surface area (TPSA) is 134 Å². The molecular formula is C13H22N5O4P. The van der Waals surface area contributed by atoms with Gasteiger partial charge in [0.05, 0.1) is 30.7 Å². The molecule has 1 aliphatic heterocycles. The van der Waals surface area contributed by atoms with Crippen molar-refractivity contribution < 1.29 is 19.1 Å². The van der Waals surface area contributed by atoms with Crippen LogP contribution in [0.15, 0.2) is 6.20 Å². The minimum absolute atomic E-state index is 0.198. The highest BCUT2D eigenvalue weighted by atomic mass is 31.2. The highest BCUT2D eigenvalue weighted by molar-refractivity contribution is 7.51. The van der Waals surface area contributed by atoms with E-state index in [0.29, 0.717) is 24.9 Å². The number of ether oxygens (including phenoxy) is 1. The minimum atomic E-state index is -4.19. The first kappa shape index (κ1) is 16.4. The van der Waals surface area contributed by atoms with E-state index in [-0.39, 0.29) is 5.95 Å². The number of anilines is 3. The van der Waals surface area contributed by atoms with E-state index >= 15 is 0 Å². The number of rotatable bonds is 7. The first-order chi connectivity index (χ1) is 10.8. The van der Waals surface area contributed by atoms with Gasteiger partial charge in [0.15, 0.2) is 5.82 Å². The normalized spacial score (nSPS) is 26.0. The zero-order valence-electron chi connectivity index (χ0n) is 13.0. The van der Waals surface area contributed by atoms with E-state index in [2.05, 4.69) is 22.2 Å². The average molecular weight is 343 g/mol. The van der Waals surface area contributed by atoms with Crippen LogP contribution >= 0.6 is 7.60 Å². The zero-order valence-corrected chi connectivity index (χ0v) is 13.9. The van der Waals surface area contributed by atoms with Gasteiger partial charge in [-0.2, -0.15) is 4.98 Å². The van der Waals surface area contributed by atoms with Gasteiger partial charge < -0.3 is 30.5 Å². The van der Waals surface area contributed by atoms with Crippen LogP contribution in [-0.4, -0.2) is 44.9 Å². The molecule has 1 fully saturated rings. The molecule has 3 rings (SSSR count). The molecule has 0 bridgehead atoms. The van der Waals surface area contributed by atoms with Crippen molar-refractivity contribution in [2.24, 2.45) is 5.92 Å². The summed E-state index contributed by atoms with van der Waals surface area (Å²) in [5, 5.41) is 3.18. The van der Waals surface area contributed by atoms with Crippen molar-refractivity contribution in [2.75, 3.05) is 35.5 Å². The first-order valence-electron chi connectivity index (χ1n) is 7.63. The fraction of sp³-hybridized carbons (Fsp3) is 0.692. The van der Waals surface area contributed by atoms with Crippen LogP contribution in [0.1, 0.15) is 26.2 Å². The summed E-state index contributed by atoms with van der Waals surface area (Å²) in [6, 6.07) is 0. The van der Waals surface area contributed by atoms with Crippen molar-refractivity contribution >= 4 is 25.0 Å². The van der Waals surface area contributed by atoms with Crippen LogP contribution in [0, 0.1) is 5.92 Å². The standard InChI is InChI=1S/C13H22N5O4P/c1-2-3-9-4-13(9,22-8-23(19,20)21)6-18-7-16-10-5-15-12(14)17-11(10)18/h5,9,16H,2-4,6-8H2,1H3,(H2,14,15,17)(H2,19,20,21). The van der Waals surface area contributed by atoms with Crippen molar-refractivity contribution in [3.8, 4) is 0 Å². The fourth-order valence-electron chi connectivity index (χ4n) is 3.16. The molecule has 2 atom stereocenters. The van der Waals surface area contributed by atoms with Crippen molar-refractivity contribution in [1.29, 1.82) is 0 Å². The van der Waals surface area contributed by atoms with Crippen LogP contribution in [0.5, 0.6) is 0 Å². The van der Waals surface area contributed by atoms with Crippen molar-refractivity contribution in [2.45, 2.75) is 31.8 Å². The Hall–Kier alpha value is -1.41. The number of nitrogens with zero attached hydrogens (tertiary/aromatic N) is 3. The van der Waals surface area contributed by atoms with E-state index in [9.17, 15) is 4.57 Å². The van der Waals surface area contributed by atoms with Gasteiger partial charge in [-0.05, 0) is 18.8 Å². The van der Waals surface area contributed by atoms with Gasteiger partial charge in [-0.1, -0.05) is 13.3 Å². The summed E-state index contributed by atoms with van der Waals surface area (Å²) >= 11 is 0. The van der Waals surface area contributed by atoms with Crippen molar-refractivity contribution in [1.82, 2.24) is 9.97 Å². The Balaban J connectivity index is 1.74. The SMILES string of the molecule is CCCC1CC1(CN1CNc2cnc(N)nc21)OCP(=O)(O)O. The Morgan fingerprint density at radius 2 is 2.39 bits per heavy atom. The molecule has 1 aliphatic carbocycles. The second-order valence-electron chi connectivity index (χ2n) is 6.19. The lowest BCUT2D eigenvalue weighted by atomic mass is 10.1. The molecule has 2 aliphatic rings. The third-order valence-corrected chi connectivity index (χ3v) is 4.80. The van der Waals surface area contributed by atoms with Gasteiger partial charge in [-0.15, -0.1) is 0 Å². The molecule has 9 nitrogen and oxygen atoms in total. The molecule has 0 saturated heterocycles. The smallest absolute Gasteiger partial charge is 0.351 e. The number of fused-ring (bicyclic) bond motifs is 1. The quantitative estimate of drug-likeness (QED) is 0.534. The molecule has 1 aromatic rings. The lowest BCUT2D eigenvalue weighted by Crippen LogP contribution is -2.37. The summed E-state index contributed by atoms with van der Waals surface area (Å²) in [4.78, 5) is 28.4. The van der Waals surface area contributed by atoms with Gasteiger partial charge in [0.25, 0.3) is 0 Å². The van der Waals surface area contributed by atoms with E-state index in [1.54, 1.807) is 6.20 Å². The summed E-state index contributed by atoms with van der Waals surface area (Å²) < 4.78 is 16.8. The van der Waals surface area contributed by atoms with E-state index in [1.165, 1.54) is 0 Å². The Bertz CT molecular complexity index is 639. The molecule has 0 amide bonds. The molecule has 10 heteroatoms. The monoisotopic (exact) mass is 343 g/mol. The van der Waals surface area contributed by atoms with Crippen LogP contribution in [0.2, 0.25) is 0 Å². The molecule has 23 heavy (non-hydrogen) atoms. The van der Waals surface area contributed by atoms with E-state index < -0.39 is 19.5 Å². The Morgan fingerprint density at radius 1 is 1.61 bits per heavy atom. The number of nitrogens with two attached hydrogens (primary N) is 1. The van der Waals surface area contributed by atoms with Gasteiger partial charge in [0, 0.05) is 0 Å². The first-order valence-corrected chi connectivity index (χ1v) is 9.42. The van der Waals surface area contributed by atoms with Crippen LogP contribution in [0.25, 0.3) is 0 Å². The maximum absolute atomic E-state index is 11.2. The zero-order chi connectivity index (χ0) is 16.7. The van der Waals surface area contributed by atoms with E-state index in [4.69, 9.17) is 20.3 Å². The van der Waals surface area contributed by atoms with Crippen LogP contribution < -0.4 is 16.0 Å². The second kappa shape index (κ2) is 5.90. The number of hydrogen-bond donors (Lipinski definition) is 4. The largest absolute Gasteiger partial charge is 0.368 e. The summed E-state index contributed by atoms with van der Waals surface area (Å²) in [5.41, 5.74) is 5.93. The van der Waals surface area contributed by atoms with Gasteiger partial charge >= 0.3 is 7.60 Å². The van der Waals surface area contributed by atoms with E-state index in [1.807, 2.05) is 4.90 Å². The van der Waals surface area contributed by atoms with Gasteiger partial charge in [0.1, 0.15) is 6.35 Å². The van der Waals surface area contributed by atoms with Gasteiger partial charge in [-0.25, -0.2) is 4.98 Å². The average Bonchev–Trinajstić information content (AvgIpc) is 3.00. The van der Waals surface area contributed by atoms with Crippen LogP contribution in [-0.2, 0) is 9.30 Å². The molecule has 2 heterocycles. The molecule has 2 unspecified atom stereocenters. The van der Waals surface area contributed by atoms with Crippen molar-refractivity contribution in [3.05, 3.63) is 6.20 Å². The lowest BCUT2D eigenvalue weighted by Gasteiger charge is -2.26. The van der Waals surface area contributed by atoms with Gasteiger partial charge in [0.2, 0.25) is 5.95 Å². The Labute approximate surface area is 134 Å². The van der Waals surface area contributed by atoms with E-state index in [0.717, 1.165) is 24.9 Å². The fourth-order valence-corrected chi connectivity index (χ4v) is 3.59. The third-order valence-electron chi connectivity index (χ3n) is 4.34. The maximum atomic E-state index is 11.2. The number of nitrogen functional groups attached to an aromatic ring is 1. The molecule has 1 aromatic heterocycles. The number of aromatic nitrogens is 2. The maximum Gasteiger partial charge on any atom is 0.351 e.